The molecule has 1 atom stereocenters. The van der Waals surface area contributed by atoms with Crippen molar-refractivity contribution in [3.63, 3.8) is 0 Å². The van der Waals surface area contributed by atoms with Gasteiger partial charge in [0.05, 0.1) is 12.1 Å². The van der Waals surface area contributed by atoms with Crippen molar-refractivity contribution in [2.45, 2.75) is 26.3 Å². The van der Waals surface area contributed by atoms with Gasteiger partial charge in [-0.1, -0.05) is 5.16 Å². The summed E-state index contributed by atoms with van der Waals surface area (Å²) in [5.41, 5.74) is 1.38. The number of aryl methyl sites for hydroxylation is 1. The lowest BCUT2D eigenvalue weighted by Gasteiger charge is -2.31. The number of halogens is 1. The SMILES string of the molecule is Cc1noc(Cl)c1CC(=O)N1CCN[C@H](C)C1. The van der Waals surface area contributed by atoms with Gasteiger partial charge in [0.1, 0.15) is 0 Å². The van der Waals surface area contributed by atoms with Crippen LogP contribution in [0.15, 0.2) is 4.52 Å². The average molecular weight is 258 g/mol. The molecule has 2 rings (SSSR count). The van der Waals surface area contributed by atoms with E-state index in [9.17, 15) is 4.79 Å². The van der Waals surface area contributed by atoms with Gasteiger partial charge in [-0.15, -0.1) is 0 Å². The van der Waals surface area contributed by atoms with Gasteiger partial charge in [0.2, 0.25) is 11.1 Å². The Morgan fingerprint density at radius 3 is 3.06 bits per heavy atom. The van der Waals surface area contributed by atoms with Crippen molar-refractivity contribution < 1.29 is 9.32 Å². The predicted octanol–water partition coefficient (Wildman–Crippen LogP) is 0.999. The lowest BCUT2D eigenvalue weighted by molar-refractivity contribution is -0.131. The van der Waals surface area contributed by atoms with Crippen LogP contribution in [0.3, 0.4) is 0 Å². The molecule has 2 heterocycles. The van der Waals surface area contributed by atoms with E-state index in [4.69, 9.17) is 16.1 Å². The Balaban J connectivity index is 2.01. The molecule has 0 unspecified atom stereocenters. The van der Waals surface area contributed by atoms with Crippen LogP contribution < -0.4 is 5.32 Å². The molecule has 0 aliphatic carbocycles. The number of hydrogen-bond acceptors (Lipinski definition) is 4. The first-order valence-corrected chi connectivity index (χ1v) is 6.07. The number of carbonyl (C=O) groups excluding carboxylic acids is 1. The highest BCUT2D eigenvalue weighted by Gasteiger charge is 2.23. The summed E-state index contributed by atoms with van der Waals surface area (Å²) in [7, 11) is 0. The smallest absolute Gasteiger partial charge is 0.229 e. The Morgan fingerprint density at radius 1 is 1.71 bits per heavy atom. The van der Waals surface area contributed by atoms with Crippen LogP contribution in [0.2, 0.25) is 5.22 Å². The molecule has 1 fully saturated rings. The molecule has 0 radical (unpaired) electrons. The van der Waals surface area contributed by atoms with Crippen LogP contribution in [0.1, 0.15) is 18.2 Å². The summed E-state index contributed by atoms with van der Waals surface area (Å²) < 4.78 is 4.84. The highest BCUT2D eigenvalue weighted by molar-refractivity contribution is 6.29. The molecule has 1 aliphatic heterocycles. The van der Waals surface area contributed by atoms with E-state index >= 15 is 0 Å². The molecular weight excluding hydrogens is 242 g/mol. The number of piperazine rings is 1. The summed E-state index contributed by atoms with van der Waals surface area (Å²) in [6.07, 6.45) is 0.265. The standard InChI is InChI=1S/C11H16ClN3O2/c1-7-6-15(4-3-13-7)10(16)5-9-8(2)14-17-11(9)12/h7,13H,3-6H2,1-2H3/t7-/m1/s1. The zero-order valence-corrected chi connectivity index (χ0v) is 10.8. The Kier molecular flexibility index (Phi) is 3.69. The molecule has 1 N–H and O–H groups in total. The zero-order chi connectivity index (χ0) is 12.4. The molecule has 5 nitrogen and oxygen atoms in total. The number of hydrogen-bond donors (Lipinski definition) is 1. The number of amides is 1. The monoisotopic (exact) mass is 257 g/mol. The lowest BCUT2D eigenvalue weighted by atomic mass is 10.1. The second kappa shape index (κ2) is 5.06. The maximum atomic E-state index is 12.1. The Hall–Kier alpha value is -1.07. The van der Waals surface area contributed by atoms with Crippen LogP contribution >= 0.6 is 11.6 Å². The maximum Gasteiger partial charge on any atom is 0.229 e. The van der Waals surface area contributed by atoms with E-state index in [0.717, 1.165) is 19.6 Å². The van der Waals surface area contributed by atoms with E-state index in [1.807, 2.05) is 4.90 Å². The van der Waals surface area contributed by atoms with Gasteiger partial charge in [-0.05, 0) is 25.4 Å². The zero-order valence-electron chi connectivity index (χ0n) is 9.99. The van der Waals surface area contributed by atoms with E-state index in [0.29, 0.717) is 17.3 Å². The van der Waals surface area contributed by atoms with Crippen LogP contribution in [0.4, 0.5) is 0 Å². The molecule has 17 heavy (non-hydrogen) atoms. The van der Waals surface area contributed by atoms with Crippen molar-refractivity contribution in [2.75, 3.05) is 19.6 Å². The summed E-state index contributed by atoms with van der Waals surface area (Å²) >= 11 is 5.84. The van der Waals surface area contributed by atoms with Crippen LogP contribution in [-0.2, 0) is 11.2 Å². The minimum atomic E-state index is 0.0755. The predicted molar refractivity (Wildman–Crippen MR) is 64.0 cm³/mol. The number of carbonyl (C=O) groups is 1. The molecule has 1 aliphatic rings. The number of aromatic nitrogens is 1. The Morgan fingerprint density at radius 2 is 2.47 bits per heavy atom. The molecule has 0 bridgehead atoms. The van der Waals surface area contributed by atoms with Gasteiger partial charge in [-0.3, -0.25) is 4.79 Å². The highest BCUT2D eigenvalue weighted by atomic mass is 35.5. The van der Waals surface area contributed by atoms with E-state index in [-0.39, 0.29) is 17.5 Å². The van der Waals surface area contributed by atoms with Gasteiger partial charge in [0, 0.05) is 31.2 Å². The fraction of sp³-hybridized carbons (Fsp3) is 0.636. The van der Waals surface area contributed by atoms with E-state index in [2.05, 4.69) is 17.4 Å². The summed E-state index contributed by atoms with van der Waals surface area (Å²) in [5.74, 6) is 0.0755. The lowest BCUT2D eigenvalue weighted by Crippen LogP contribution is -2.51. The van der Waals surface area contributed by atoms with Crippen molar-refractivity contribution in [2.24, 2.45) is 0 Å². The molecule has 94 valence electrons. The van der Waals surface area contributed by atoms with Crippen molar-refractivity contribution in [3.05, 3.63) is 16.5 Å². The molecule has 1 aromatic rings. The van der Waals surface area contributed by atoms with Crippen LogP contribution in [0.5, 0.6) is 0 Å². The van der Waals surface area contributed by atoms with Crippen molar-refractivity contribution in [3.8, 4) is 0 Å². The van der Waals surface area contributed by atoms with Crippen molar-refractivity contribution >= 4 is 17.5 Å². The Bertz CT molecular complexity index is 399. The third-order valence-electron chi connectivity index (χ3n) is 2.99. The number of nitrogens with one attached hydrogen (secondary N) is 1. The quantitative estimate of drug-likeness (QED) is 0.859. The first kappa shape index (κ1) is 12.4. The van der Waals surface area contributed by atoms with E-state index < -0.39 is 0 Å². The van der Waals surface area contributed by atoms with Gasteiger partial charge < -0.3 is 14.7 Å². The molecule has 1 saturated heterocycles. The molecule has 0 aromatic carbocycles. The van der Waals surface area contributed by atoms with Gasteiger partial charge in [0.15, 0.2) is 0 Å². The van der Waals surface area contributed by atoms with Crippen LogP contribution in [0.25, 0.3) is 0 Å². The van der Waals surface area contributed by atoms with Crippen molar-refractivity contribution in [1.29, 1.82) is 0 Å². The molecule has 6 heteroatoms. The third kappa shape index (κ3) is 2.79. The van der Waals surface area contributed by atoms with Crippen molar-refractivity contribution in [1.82, 2.24) is 15.4 Å². The topological polar surface area (TPSA) is 58.4 Å². The average Bonchev–Trinajstić information content (AvgIpc) is 2.61. The molecule has 1 amide bonds. The summed E-state index contributed by atoms with van der Waals surface area (Å²) in [5, 5.41) is 7.26. The minimum Gasteiger partial charge on any atom is -0.344 e. The summed E-state index contributed by atoms with van der Waals surface area (Å²) in [6, 6.07) is 0.340. The maximum absolute atomic E-state index is 12.1. The molecule has 0 saturated carbocycles. The van der Waals surface area contributed by atoms with Crippen LogP contribution in [-0.4, -0.2) is 41.6 Å². The third-order valence-corrected chi connectivity index (χ3v) is 3.28. The fourth-order valence-corrected chi connectivity index (χ4v) is 2.22. The van der Waals surface area contributed by atoms with Gasteiger partial charge in [-0.25, -0.2) is 0 Å². The highest BCUT2D eigenvalue weighted by Crippen LogP contribution is 2.20. The second-order valence-electron chi connectivity index (χ2n) is 4.39. The van der Waals surface area contributed by atoms with E-state index in [1.54, 1.807) is 6.92 Å². The fourth-order valence-electron chi connectivity index (χ4n) is 1.98. The first-order valence-electron chi connectivity index (χ1n) is 5.69. The first-order chi connectivity index (χ1) is 8.08. The minimum absolute atomic E-state index is 0.0755. The molecule has 0 spiro atoms. The normalized spacial score (nSPS) is 20.6. The number of rotatable bonds is 2. The van der Waals surface area contributed by atoms with Gasteiger partial charge in [-0.2, -0.15) is 0 Å². The number of nitrogens with zero attached hydrogens (tertiary/aromatic N) is 2. The summed E-state index contributed by atoms with van der Waals surface area (Å²) in [4.78, 5) is 13.9. The largest absolute Gasteiger partial charge is 0.344 e. The Labute approximate surface area is 105 Å². The van der Waals surface area contributed by atoms with Gasteiger partial charge >= 0.3 is 0 Å². The summed E-state index contributed by atoms with van der Waals surface area (Å²) in [6.45, 7) is 6.17. The molecule has 1 aromatic heterocycles. The molecular formula is C11H16ClN3O2. The van der Waals surface area contributed by atoms with Gasteiger partial charge in [0.25, 0.3) is 0 Å². The van der Waals surface area contributed by atoms with Crippen LogP contribution in [0, 0.1) is 6.92 Å². The second-order valence-corrected chi connectivity index (χ2v) is 4.74. The van der Waals surface area contributed by atoms with E-state index in [1.165, 1.54) is 0 Å².